The van der Waals surface area contributed by atoms with Gasteiger partial charge in [0.05, 0.1) is 11.4 Å². The quantitative estimate of drug-likeness (QED) is 0.862. The van der Waals surface area contributed by atoms with Gasteiger partial charge in [0.15, 0.2) is 0 Å². The molecule has 1 aromatic carbocycles. The predicted molar refractivity (Wildman–Crippen MR) is 77.9 cm³/mol. The minimum Gasteiger partial charge on any atom is -0.310 e. The Kier molecular flexibility index (Phi) is 5.04. The van der Waals surface area contributed by atoms with E-state index in [1.165, 1.54) is 5.56 Å². The van der Waals surface area contributed by atoms with Crippen molar-refractivity contribution in [2.24, 2.45) is 0 Å². The fourth-order valence-electron chi connectivity index (χ4n) is 2.14. The van der Waals surface area contributed by atoms with Gasteiger partial charge in [-0.25, -0.2) is 0 Å². The van der Waals surface area contributed by atoms with E-state index in [0.29, 0.717) is 6.04 Å². The van der Waals surface area contributed by atoms with Gasteiger partial charge in [-0.2, -0.15) is 0 Å². The maximum atomic E-state index is 4.45. The molecule has 0 aliphatic carbocycles. The van der Waals surface area contributed by atoms with Crippen LogP contribution in [-0.4, -0.2) is 16.5 Å². The molecule has 2 aromatic rings. The number of nitrogens with one attached hydrogen (secondary N) is 1. The van der Waals surface area contributed by atoms with Crippen molar-refractivity contribution in [2.75, 3.05) is 6.54 Å². The average molecular weight is 255 g/mol. The molecule has 0 fully saturated rings. The second kappa shape index (κ2) is 7.00. The molecule has 0 saturated carbocycles. The van der Waals surface area contributed by atoms with Crippen LogP contribution in [0.2, 0.25) is 0 Å². The maximum Gasteiger partial charge on any atom is 0.0634 e. The van der Waals surface area contributed by atoms with Crippen LogP contribution < -0.4 is 5.32 Å². The summed E-state index contributed by atoms with van der Waals surface area (Å²) in [5.41, 5.74) is 3.39. The van der Waals surface area contributed by atoms with Crippen molar-refractivity contribution in [3.05, 3.63) is 59.7 Å². The van der Waals surface area contributed by atoms with Gasteiger partial charge in [-0.05, 0) is 25.5 Å². The highest BCUT2D eigenvalue weighted by atomic mass is 14.9. The Morgan fingerprint density at radius 1 is 1.11 bits per heavy atom. The molecule has 1 aromatic heterocycles. The Morgan fingerprint density at radius 2 is 1.84 bits per heavy atom. The molecule has 0 bridgehead atoms. The lowest BCUT2D eigenvalue weighted by Gasteiger charge is -2.19. The van der Waals surface area contributed by atoms with Crippen LogP contribution in [0.25, 0.3) is 0 Å². The number of nitrogens with zero attached hydrogens (tertiary/aromatic N) is 2. The Balaban J connectivity index is 2.17. The molecule has 1 heterocycles. The van der Waals surface area contributed by atoms with Crippen molar-refractivity contribution in [1.29, 1.82) is 0 Å². The van der Waals surface area contributed by atoms with Gasteiger partial charge in [-0.1, -0.05) is 37.3 Å². The van der Waals surface area contributed by atoms with Crippen LogP contribution >= 0.6 is 0 Å². The molecular weight excluding hydrogens is 234 g/mol. The molecule has 0 spiro atoms. The molecule has 0 amide bonds. The van der Waals surface area contributed by atoms with Crippen LogP contribution in [0.1, 0.15) is 36.3 Å². The van der Waals surface area contributed by atoms with E-state index in [4.69, 9.17) is 0 Å². The first-order valence-electron chi connectivity index (χ1n) is 6.86. The van der Waals surface area contributed by atoms with E-state index >= 15 is 0 Å². The summed E-state index contributed by atoms with van der Waals surface area (Å²) in [5, 5.41) is 3.59. The number of benzene rings is 1. The lowest BCUT2D eigenvalue weighted by Crippen LogP contribution is -2.24. The molecule has 19 heavy (non-hydrogen) atoms. The molecular formula is C16H21N3. The van der Waals surface area contributed by atoms with E-state index in [1.807, 2.05) is 13.0 Å². The van der Waals surface area contributed by atoms with Crippen LogP contribution in [0, 0.1) is 6.92 Å². The second-order valence-corrected chi connectivity index (χ2v) is 4.71. The zero-order valence-corrected chi connectivity index (χ0v) is 11.6. The van der Waals surface area contributed by atoms with Crippen LogP contribution in [0.15, 0.2) is 42.7 Å². The summed E-state index contributed by atoms with van der Waals surface area (Å²) in [7, 11) is 0. The molecule has 2 rings (SSSR count). The van der Waals surface area contributed by atoms with E-state index in [9.17, 15) is 0 Å². The second-order valence-electron chi connectivity index (χ2n) is 4.71. The third-order valence-electron chi connectivity index (χ3n) is 3.22. The summed E-state index contributed by atoms with van der Waals surface area (Å²) >= 11 is 0. The highest BCUT2D eigenvalue weighted by Gasteiger charge is 2.13. The molecule has 0 aliphatic rings. The van der Waals surface area contributed by atoms with Crippen molar-refractivity contribution in [2.45, 2.75) is 32.7 Å². The SMILES string of the molecule is CCCNC(Cc1nccnc1C)c1ccccc1. The molecule has 3 nitrogen and oxygen atoms in total. The molecule has 1 unspecified atom stereocenters. The van der Waals surface area contributed by atoms with Crippen molar-refractivity contribution >= 4 is 0 Å². The van der Waals surface area contributed by atoms with E-state index in [2.05, 4.69) is 46.5 Å². The van der Waals surface area contributed by atoms with Crippen molar-refractivity contribution in [1.82, 2.24) is 15.3 Å². The minimum absolute atomic E-state index is 0.302. The summed E-state index contributed by atoms with van der Waals surface area (Å²) in [4.78, 5) is 8.77. The minimum atomic E-state index is 0.302. The van der Waals surface area contributed by atoms with Crippen molar-refractivity contribution in [3.63, 3.8) is 0 Å². The summed E-state index contributed by atoms with van der Waals surface area (Å²) in [6.07, 6.45) is 5.52. The van der Waals surface area contributed by atoms with Gasteiger partial charge in [-0.3, -0.25) is 9.97 Å². The molecule has 0 aliphatic heterocycles. The van der Waals surface area contributed by atoms with Crippen molar-refractivity contribution < 1.29 is 0 Å². The van der Waals surface area contributed by atoms with E-state index in [1.54, 1.807) is 12.4 Å². The Bertz CT molecular complexity index is 496. The van der Waals surface area contributed by atoms with Gasteiger partial charge in [0.25, 0.3) is 0 Å². The summed E-state index contributed by atoms with van der Waals surface area (Å²) < 4.78 is 0. The summed E-state index contributed by atoms with van der Waals surface area (Å²) in [5.74, 6) is 0. The Morgan fingerprint density at radius 3 is 2.53 bits per heavy atom. The van der Waals surface area contributed by atoms with Crippen LogP contribution in [0.5, 0.6) is 0 Å². The highest BCUT2D eigenvalue weighted by molar-refractivity contribution is 5.22. The molecule has 100 valence electrons. The molecule has 0 saturated heterocycles. The Labute approximate surface area is 115 Å². The normalized spacial score (nSPS) is 12.3. The first-order valence-corrected chi connectivity index (χ1v) is 6.86. The van der Waals surface area contributed by atoms with Gasteiger partial charge >= 0.3 is 0 Å². The number of aryl methyl sites for hydroxylation is 1. The molecule has 1 atom stereocenters. The van der Waals surface area contributed by atoms with Crippen LogP contribution in [0.3, 0.4) is 0 Å². The number of hydrogen-bond acceptors (Lipinski definition) is 3. The fourth-order valence-corrected chi connectivity index (χ4v) is 2.14. The monoisotopic (exact) mass is 255 g/mol. The van der Waals surface area contributed by atoms with E-state index in [-0.39, 0.29) is 0 Å². The first kappa shape index (κ1) is 13.7. The summed E-state index contributed by atoms with van der Waals surface area (Å²) in [6.45, 7) is 5.21. The predicted octanol–water partition coefficient (Wildman–Crippen LogP) is 3.07. The molecule has 3 heteroatoms. The summed E-state index contributed by atoms with van der Waals surface area (Å²) in [6, 6.07) is 10.8. The third kappa shape index (κ3) is 3.86. The molecule has 0 radical (unpaired) electrons. The zero-order valence-electron chi connectivity index (χ0n) is 11.6. The van der Waals surface area contributed by atoms with Gasteiger partial charge < -0.3 is 5.32 Å². The van der Waals surface area contributed by atoms with Crippen LogP contribution in [0.4, 0.5) is 0 Å². The standard InChI is InChI=1S/C16H21N3/c1-3-9-18-16(14-7-5-4-6-8-14)12-15-13(2)17-10-11-19-15/h4-8,10-11,16,18H,3,9,12H2,1-2H3. The lowest BCUT2D eigenvalue weighted by molar-refractivity contribution is 0.522. The maximum absolute atomic E-state index is 4.45. The largest absolute Gasteiger partial charge is 0.310 e. The van der Waals surface area contributed by atoms with E-state index in [0.717, 1.165) is 30.8 Å². The fraction of sp³-hybridized carbons (Fsp3) is 0.375. The average Bonchev–Trinajstić information content (AvgIpc) is 2.46. The third-order valence-corrected chi connectivity index (χ3v) is 3.22. The van der Waals surface area contributed by atoms with Crippen LogP contribution in [-0.2, 0) is 6.42 Å². The van der Waals surface area contributed by atoms with Gasteiger partial charge in [0.1, 0.15) is 0 Å². The van der Waals surface area contributed by atoms with Crippen molar-refractivity contribution in [3.8, 4) is 0 Å². The van der Waals surface area contributed by atoms with Gasteiger partial charge in [0, 0.05) is 24.9 Å². The van der Waals surface area contributed by atoms with E-state index < -0.39 is 0 Å². The molecule has 1 N–H and O–H groups in total. The highest BCUT2D eigenvalue weighted by Crippen LogP contribution is 2.18. The van der Waals surface area contributed by atoms with Gasteiger partial charge in [0.2, 0.25) is 0 Å². The smallest absolute Gasteiger partial charge is 0.0634 e. The topological polar surface area (TPSA) is 37.8 Å². The first-order chi connectivity index (χ1) is 9.31. The number of hydrogen-bond donors (Lipinski definition) is 1. The number of rotatable bonds is 6. The van der Waals surface area contributed by atoms with Gasteiger partial charge in [-0.15, -0.1) is 0 Å². The lowest BCUT2D eigenvalue weighted by atomic mass is 10.0. The number of aromatic nitrogens is 2. The Hall–Kier alpha value is -1.74. The zero-order chi connectivity index (χ0) is 13.5.